The van der Waals surface area contributed by atoms with Gasteiger partial charge in [-0.2, -0.15) is 10.2 Å². The van der Waals surface area contributed by atoms with Gasteiger partial charge in [-0.25, -0.2) is 4.39 Å². The molecule has 1 aliphatic rings. The van der Waals surface area contributed by atoms with E-state index in [1.807, 2.05) is 51.1 Å². The van der Waals surface area contributed by atoms with Crippen LogP contribution in [0.15, 0.2) is 54.6 Å². The molecule has 37 heavy (non-hydrogen) atoms. The molecule has 1 aliphatic carbocycles. The van der Waals surface area contributed by atoms with Crippen molar-refractivity contribution in [2.24, 2.45) is 5.41 Å². The van der Waals surface area contributed by atoms with Crippen molar-refractivity contribution in [1.82, 2.24) is 30.6 Å². The lowest BCUT2D eigenvalue weighted by Gasteiger charge is -2.30. The first-order valence-electron chi connectivity index (χ1n) is 12.5. The number of nitrogens with one attached hydrogen (secondary N) is 3. The van der Waals surface area contributed by atoms with Crippen LogP contribution in [-0.4, -0.2) is 37.8 Å². The molecule has 0 aliphatic heterocycles. The summed E-state index contributed by atoms with van der Waals surface area (Å²) in [5, 5.41) is 18.4. The highest BCUT2D eigenvalue weighted by atomic mass is 19.1. The molecule has 0 bridgehead atoms. The average Bonchev–Trinajstić information content (AvgIpc) is 3.50. The van der Waals surface area contributed by atoms with Crippen molar-refractivity contribution in [2.45, 2.75) is 58.7 Å². The molecule has 0 saturated heterocycles. The van der Waals surface area contributed by atoms with E-state index in [2.05, 4.69) is 25.9 Å². The van der Waals surface area contributed by atoms with Crippen LogP contribution in [-0.2, 0) is 17.9 Å². The molecule has 2 aromatic carbocycles. The highest BCUT2D eigenvalue weighted by Crippen LogP contribution is 2.39. The zero-order valence-corrected chi connectivity index (χ0v) is 21.2. The van der Waals surface area contributed by atoms with E-state index in [1.54, 1.807) is 16.8 Å². The molecule has 9 heteroatoms. The van der Waals surface area contributed by atoms with Crippen LogP contribution in [0.1, 0.15) is 67.0 Å². The van der Waals surface area contributed by atoms with Crippen LogP contribution in [0.2, 0.25) is 0 Å². The fourth-order valence-electron chi connectivity index (χ4n) is 4.40. The van der Waals surface area contributed by atoms with Gasteiger partial charge in [0, 0.05) is 11.3 Å². The predicted octanol–water partition coefficient (Wildman–Crippen LogP) is 4.29. The predicted molar refractivity (Wildman–Crippen MR) is 138 cm³/mol. The van der Waals surface area contributed by atoms with Gasteiger partial charge in [0.25, 0.3) is 5.91 Å². The van der Waals surface area contributed by atoms with Gasteiger partial charge >= 0.3 is 0 Å². The molecule has 5 rings (SSSR count). The highest BCUT2D eigenvalue weighted by Gasteiger charge is 2.34. The second-order valence-corrected chi connectivity index (χ2v) is 10.7. The topological polar surface area (TPSA) is 105 Å². The minimum Gasteiger partial charge on any atom is -0.349 e. The lowest BCUT2D eigenvalue weighted by Crippen LogP contribution is -2.53. The summed E-state index contributed by atoms with van der Waals surface area (Å²) in [7, 11) is 0. The standard InChI is InChI=1S/C28H31FN6O2/c1-28(2,3)25(27(37)30-15-20-14-22(33-32-20)18-10-11-18)31-26(36)24-21-6-4-5-7-23(21)35(34-24)16-17-8-12-19(29)13-9-17/h4-9,12-14,18,25H,10-11,15-16H2,1-3H3,(H,30,37)(H,31,36)(H,32,33). The van der Waals surface area contributed by atoms with Crippen molar-refractivity contribution < 1.29 is 14.0 Å². The monoisotopic (exact) mass is 502 g/mol. The maximum Gasteiger partial charge on any atom is 0.273 e. The SMILES string of the molecule is CC(C)(C)C(NC(=O)c1nn(Cc2ccc(F)cc2)c2ccccc12)C(=O)NCc1cc(C2CC2)n[nH]1. The van der Waals surface area contributed by atoms with Crippen LogP contribution < -0.4 is 10.6 Å². The van der Waals surface area contributed by atoms with Crippen LogP contribution in [0, 0.1) is 11.2 Å². The average molecular weight is 503 g/mol. The summed E-state index contributed by atoms with van der Waals surface area (Å²) in [5.74, 6) is -0.489. The third-order valence-electron chi connectivity index (χ3n) is 6.62. The molecule has 2 aromatic heterocycles. The number of carbonyl (C=O) groups is 2. The number of benzene rings is 2. The number of hydrogen-bond acceptors (Lipinski definition) is 4. The summed E-state index contributed by atoms with van der Waals surface area (Å²) in [6.07, 6.45) is 2.31. The molecule has 2 amide bonds. The maximum atomic E-state index is 13.5. The number of aromatic amines is 1. The van der Waals surface area contributed by atoms with E-state index < -0.39 is 17.4 Å². The molecule has 192 valence electrons. The van der Waals surface area contributed by atoms with Crippen molar-refractivity contribution in [1.29, 1.82) is 0 Å². The number of rotatable bonds is 8. The molecule has 0 radical (unpaired) electrons. The number of fused-ring (bicyclic) bond motifs is 1. The van der Waals surface area contributed by atoms with E-state index in [4.69, 9.17) is 0 Å². The zero-order valence-electron chi connectivity index (χ0n) is 21.2. The Labute approximate surface area is 214 Å². The number of para-hydroxylation sites is 1. The lowest BCUT2D eigenvalue weighted by atomic mass is 9.86. The summed E-state index contributed by atoms with van der Waals surface area (Å²) in [6, 6.07) is 14.8. The number of carbonyl (C=O) groups excluding carboxylic acids is 2. The van der Waals surface area contributed by atoms with Gasteiger partial charge in [-0.1, -0.05) is 51.1 Å². The Morgan fingerprint density at radius 2 is 1.86 bits per heavy atom. The Hall–Kier alpha value is -4.01. The van der Waals surface area contributed by atoms with Crippen molar-refractivity contribution in [3.05, 3.63) is 83.1 Å². The van der Waals surface area contributed by atoms with E-state index in [9.17, 15) is 14.0 Å². The minimum atomic E-state index is -0.785. The van der Waals surface area contributed by atoms with Crippen molar-refractivity contribution >= 4 is 22.7 Å². The third kappa shape index (κ3) is 5.55. The van der Waals surface area contributed by atoms with Crippen LogP contribution in [0.3, 0.4) is 0 Å². The summed E-state index contributed by atoms with van der Waals surface area (Å²) in [5.41, 5.74) is 3.20. The van der Waals surface area contributed by atoms with E-state index in [-0.39, 0.29) is 17.4 Å². The fraction of sp³-hybridized carbons (Fsp3) is 0.357. The number of aromatic nitrogens is 4. The second kappa shape index (κ2) is 9.80. The van der Waals surface area contributed by atoms with Crippen LogP contribution in [0.5, 0.6) is 0 Å². The second-order valence-electron chi connectivity index (χ2n) is 10.7. The molecular weight excluding hydrogens is 471 g/mol. The summed E-state index contributed by atoms with van der Waals surface area (Å²) in [6.45, 7) is 6.40. The fourth-order valence-corrected chi connectivity index (χ4v) is 4.40. The van der Waals surface area contributed by atoms with Crippen molar-refractivity contribution in [3.63, 3.8) is 0 Å². The number of nitrogens with zero attached hydrogens (tertiary/aromatic N) is 3. The smallest absolute Gasteiger partial charge is 0.273 e. The van der Waals surface area contributed by atoms with Gasteiger partial charge < -0.3 is 10.6 Å². The number of halogens is 1. The van der Waals surface area contributed by atoms with E-state index >= 15 is 0 Å². The molecule has 2 heterocycles. The third-order valence-corrected chi connectivity index (χ3v) is 6.62. The van der Waals surface area contributed by atoms with Crippen molar-refractivity contribution in [3.8, 4) is 0 Å². The first-order valence-corrected chi connectivity index (χ1v) is 12.5. The molecular formula is C28H31FN6O2. The van der Waals surface area contributed by atoms with Gasteiger partial charge in [-0.05, 0) is 48.1 Å². The van der Waals surface area contributed by atoms with E-state index in [0.717, 1.165) is 35.3 Å². The van der Waals surface area contributed by atoms with Gasteiger partial charge in [0.15, 0.2) is 5.69 Å². The van der Waals surface area contributed by atoms with Gasteiger partial charge in [0.05, 0.1) is 30.0 Å². The van der Waals surface area contributed by atoms with Gasteiger partial charge in [0.2, 0.25) is 5.91 Å². The van der Waals surface area contributed by atoms with Crippen LogP contribution >= 0.6 is 0 Å². The Bertz CT molecular complexity index is 1430. The largest absolute Gasteiger partial charge is 0.349 e. The molecule has 4 aromatic rings. The first kappa shape index (κ1) is 24.7. The zero-order chi connectivity index (χ0) is 26.2. The molecule has 1 fully saturated rings. The minimum absolute atomic E-state index is 0.238. The van der Waals surface area contributed by atoms with Gasteiger partial charge in [0.1, 0.15) is 11.9 Å². The first-order chi connectivity index (χ1) is 17.7. The van der Waals surface area contributed by atoms with Crippen LogP contribution in [0.4, 0.5) is 4.39 Å². The van der Waals surface area contributed by atoms with Crippen LogP contribution in [0.25, 0.3) is 10.9 Å². The van der Waals surface area contributed by atoms with E-state index in [0.29, 0.717) is 24.4 Å². The highest BCUT2D eigenvalue weighted by molar-refractivity contribution is 6.06. The molecule has 8 nitrogen and oxygen atoms in total. The van der Waals surface area contributed by atoms with Gasteiger partial charge in [-0.15, -0.1) is 0 Å². The molecule has 1 atom stereocenters. The summed E-state index contributed by atoms with van der Waals surface area (Å²) in [4.78, 5) is 26.7. The Morgan fingerprint density at radius 1 is 1.14 bits per heavy atom. The molecule has 1 saturated carbocycles. The number of H-pyrrole nitrogens is 1. The van der Waals surface area contributed by atoms with E-state index in [1.165, 1.54) is 12.1 Å². The Balaban J connectivity index is 1.33. The van der Waals surface area contributed by atoms with Crippen molar-refractivity contribution in [2.75, 3.05) is 0 Å². The Morgan fingerprint density at radius 3 is 2.57 bits per heavy atom. The number of amides is 2. The van der Waals surface area contributed by atoms with Gasteiger partial charge in [-0.3, -0.25) is 19.4 Å². The molecule has 3 N–H and O–H groups in total. The Kier molecular flexibility index (Phi) is 6.54. The summed E-state index contributed by atoms with van der Waals surface area (Å²) < 4.78 is 15.1. The summed E-state index contributed by atoms with van der Waals surface area (Å²) >= 11 is 0. The molecule has 0 spiro atoms. The number of hydrogen-bond donors (Lipinski definition) is 3. The molecule has 1 unspecified atom stereocenters. The quantitative estimate of drug-likeness (QED) is 0.334. The normalized spacial score (nSPS) is 14.5. The lowest BCUT2D eigenvalue weighted by molar-refractivity contribution is -0.125. The maximum absolute atomic E-state index is 13.5.